The first kappa shape index (κ1) is 21.4. The molecule has 2 rings (SSSR count). The summed E-state index contributed by atoms with van der Waals surface area (Å²) in [4.78, 5) is 4.56. The van der Waals surface area contributed by atoms with Crippen LogP contribution in [0.2, 0.25) is 0 Å². The maximum Gasteiger partial charge on any atom is 0.191 e. The quantitative estimate of drug-likeness (QED) is 0.276. The molecule has 0 atom stereocenters. The molecule has 1 aromatic carbocycles. The number of nitrogens with one attached hydrogen (secondary N) is 2. The van der Waals surface area contributed by atoms with E-state index in [1.807, 2.05) is 43.2 Å². The number of hydrogen-bond donors (Lipinski definition) is 2. The fourth-order valence-corrected chi connectivity index (χ4v) is 2.43. The van der Waals surface area contributed by atoms with E-state index >= 15 is 0 Å². The molecule has 1 heterocycles. The number of benzene rings is 1. The first-order chi connectivity index (χ1) is 11.7. The number of guanidine groups is 1. The van der Waals surface area contributed by atoms with Gasteiger partial charge >= 0.3 is 0 Å². The van der Waals surface area contributed by atoms with Crippen molar-refractivity contribution in [3.63, 3.8) is 0 Å². The molecule has 1 aromatic heterocycles. The molecule has 2 aromatic rings. The Hall–Kier alpha value is -1.64. The molecule has 5 nitrogen and oxygen atoms in total. The van der Waals surface area contributed by atoms with Crippen molar-refractivity contribution >= 4 is 29.9 Å². The lowest BCUT2D eigenvalue weighted by Gasteiger charge is -2.11. The molecule has 0 unspecified atom stereocenters. The van der Waals surface area contributed by atoms with E-state index in [2.05, 4.69) is 20.7 Å². The van der Waals surface area contributed by atoms with E-state index in [-0.39, 0.29) is 29.8 Å². The number of hydrogen-bond acceptors (Lipinski definition) is 2. The van der Waals surface area contributed by atoms with Gasteiger partial charge in [-0.25, -0.2) is 4.39 Å². The summed E-state index contributed by atoms with van der Waals surface area (Å²) in [5.74, 6) is 0.623. The van der Waals surface area contributed by atoms with E-state index < -0.39 is 0 Å². The van der Waals surface area contributed by atoms with Gasteiger partial charge in [-0.15, -0.1) is 24.0 Å². The molecular formula is C18H27FIN5. The van der Waals surface area contributed by atoms with Gasteiger partial charge in [0, 0.05) is 32.9 Å². The Morgan fingerprint density at radius 3 is 2.72 bits per heavy atom. The van der Waals surface area contributed by atoms with Crippen molar-refractivity contribution in [2.24, 2.45) is 12.0 Å². The smallest absolute Gasteiger partial charge is 0.191 e. The third kappa shape index (κ3) is 7.85. The Morgan fingerprint density at radius 2 is 2.04 bits per heavy atom. The summed E-state index contributed by atoms with van der Waals surface area (Å²) in [6.07, 6.45) is 6.48. The fraction of sp³-hybridized carbons (Fsp3) is 0.444. The zero-order valence-electron chi connectivity index (χ0n) is 14.8. The molecule has 0 aliphatic heterocycles. The molecule has 7 heteroatoms. The lowest BCUT2D eigenvalue weighted by atomic mass is 10.1. The number of nitrogens with zero attached hydrogens (tertiary/aromatic N) is 3. The third-order valence-corrected chi connectivity index (χ3v) is 3.64. The van der Waals surface area contributed by atoms with Gasteiger partial charge in [-0.1, -0.05) is 18.2 Å². The number of aromatic nitrogens is 2. The Balaban J connectivity index is 0.00000312. The van der Waals surface area contributed by atoms with E-state index in [4.69, 9.17) is 0 Å². The van der Waals surface area contributed by atoms with Crippen LogP contribution < -0.4 is 10.6 Å². The Kier molecular flexibility index (Phi) is 10.1. The van der Waals surface area contributed by atoms with Gasteiger partial charge in [-0.2, -0.15) is 5.10 Å². The summed E-state index contributed by atoms with van der Waals surface area (Å²) in [6, 6.07) is 6.87. The first-order valence-electron chi connectivity index (χ1n) is 8.42. The molecule has 0 spiro atoms. The molecule has 0 saturated heterocycles. The molecule has 138 valence electrons. The normalized spacial score (nSPS) is 11.1. The number of rotatable bonds is 8. The van der Waals surface area contributed by atoms with Gasteiger partial charge in [0.2, 0.25) is 0 Å². The average molecular weight is 459 g/mol. The van der Waals surface area contributed by atoms with Crippen LogP contribution in [-0.4, -0.2) is 35.4 Å². The van der Waals surface area contributed by atoms with Crippen molar-refractivity contribution in [2.45, 2.75) is 26.2 Å². The summed E-state index contributed by atoms with van der Waals surface area (Å²) in [7, 11) is 1.92. The monoisotopic (exact) mass is 459 g/mol. The Morgan fingerprint density at radius 1 is 1.24 bits per heavy atom. The largest absolute Gasteiger partial charge is 0.357 e. The van der Waals surface area contributed by atoms with Gasteiger partial charge in [0.15, 0.2) is 5.96 Å². The highest BCUT2D eigenvalue weighted by atomic mass is 127. The fourth-order valence-electron chi connectivity index (χ4n) is 2.43. The van der Waals surface area contributed by atoms with Crippen LogP contribution in [0.15, 0.2) is 41.7 Å². The molecule has 25 heavy (non-hydrogen) atoms. The topological polar surface area (TPSA) is 54.2 Å². The van der Waals surface area contributed by atoms with E-state index in [0.717, 1.165) is 37.5 Å². The summed E-state index contributed by atoms with van der Waals surface area (Å²) in [5, 5.41) is 10.6. The van der Waals surface area contributed by atoms with Crippen LogP contribution in [0.25, 0.3) is 0 Å². The Labute approximate surface area is 166 Å². The summed E-state index contributed by atoms with van der Waals surface area (Å²) < 4.78 is 15.4. The summed E-state index contributed by atoms with van der Waals surface area (Å²) >= 11 is 0. The number of halogens is 2. The van der Waals surface area contributed by atoms with Crippen molar-refractivity contribution in [1.29, 1.82) is 0 Å². The minimum atomic E-state index is -0.155. The summed E-state index contributed by atoms with van der Waals surface area (Å²) in [6.45, 7) is 4.22. The first-order valence-corrected chi connectivity index (χ1v) is 8.42. The number of aryl methyl sites for hydroxylation is 2. The second-order valence-corrected chi connectivity index (χ2v) is 5.65. The second kappa shape index (κ2) is 11.8. The predicted molar refractivity (Wildman–Crippen MR) is 111 cm³/mol. The minimum Gasteiger partial charge on any atom is -0.357 e. The molecule has 0 aliphatic rings. The molecule has 0 fully saturated rings. The molecule has 0 bridgehead atoms. The zero-order valence-corrected chi connectivity index (χ0v) is 17.2. The van der Waals surface area contributed by atoms with Crippen LogP contribution in [0, 0.1) is 5.82 Å². The molecule has 0 aliphatic carbocycles. The molecule has 0 radical (unpaired) electrons. The van der Waals surface area contributed by atoms with Gasteiger partial charge in [0.25, 0.3) is 0 Å². The highest BCUT2D eigenvalue weighted by Gasteiger charge is 2.02. The van der Waals surface area contributed by atoms with Crippen LogP contribution in [-0.2, 0) is 19.9 Å². The zero-order chi connectivity index (χ0) is 17.2. The van der Waals surface area contributed by atoms with Crippen LogP contribution in [0.1, 0.15) is 24.5 Å². The maximum absolute atomic E-state index is 13.6. The standard InChI is InChI=1S/C18H26FN5.HI/c1-3-20-18(21-11-6-7-15-13-23-24(2)14-15)22-12-10-16-8-4-5-9-17(16)19;/h4-5,8-9,13-14H,3,6-7,10-12H2,1-2H3,(H2,20,21,22);1H. The predicted octanol–water partition coefficient (Wildman–Crippen LogP) is 2.91. The van der Waals surface area contributed by atoms with Gasteiger partial charge < -0.3 is 10.6 Å². The Bertz CT molecular complexity index is 656. The SMILES string of the molecule is CCNC(=NCCCc1cnn(C)c1)NCCc1ccccc1F.I. The van der Waals surface area contributed by atoms with E-state index in [0.29, 0.717) is 13.0 Å². The molecule has 2 N–H and O–H groups in total. The number of aliphatic imine (C=N–C) groups is 1. The van der Waals surface area contributed by atoms with Crippen molar-refractivity contribution in [3.05, 3.63) is 53.6 Å². The van der Waals surface area contributed by atoms with Crippen LogP contribution in [0.3, 0.4) is 0 Å². The molecule has 0 saturated carbocycles. The van der Waals surface area contributed by atoms with Crippen LogP contribution >= 0.6 is 24.0 Å². The van der Waals surface area contributed by atoms with Crippen molar-refractivity contribution in [3.8, 4) is 0 Å². The third-order valence-electron chi connectivity index (χ3n) is 3.64. The van der Waals surface area contributed by atoms with Gasteiger partial charge in [-0.3, -0.25) is 9.67 Å². The van der Waals surface area contributed by atoms with E-state index in [1.54, 1.807) is 6.07 Å². The van der Waals surface area contributed by atoms with Crippen molar-refractivity contribution in [1.82, 2.24) is 20.4 Å². The van der Waals surface area contributed by atoms with Crippen molar-refractivity contribution in [2.75, 3.05) is 19.6 Å². The second-order valence-electron chi connectivity index (χ2n) is 5.65. The van der Waals surface area contributed by atoms with Gasteiger partial charge in [0.05, 0.1) is 6.20 Å². The van der Waals surface area contributed by atoms with Gasteiger partial charge in [0.1, 0.15) is 5.82 Å². The lowest BCUT2D eigenvalue weighted by Crippen LogP contribution is -2.38. The van der Waals surface area contributed by atoms with E-state index in [9.17, 15) is 4.39 Å². The maximum atomic E-state index is 13.6. The highest BCUT2D eigenvalue weighted by molar-refractivity contribution is 14.0. The van der Waals surface area contributed by atoms with Crippen LogP contribution in [0.5, 0.6) is 0 Å². The summed E-state index contributed by atoms with van der Waals surface area (Å²) in [5.41, 5.74) is 1.95. The molecule has 0 amide bonds. The van der Waals surface area contributed by atoms with Crippen molar-refractivity contribution < 1.29 is 4.39 Å². The van der Waals surface area contributed by atoms with Crippen LogP contribution in [0.4, 0.5) is 4.39 Å². The lowest BCUT2D eigenvalue weighted by molar-refractivity contribution is 0.606. The highest BCUT2D eigenvalue weighted by Crippen LogP contribution is 2.06. The minimum absolute atomic E-state index is 0. The van der Waals surface area contributed by atoms with E-state index in [1.165, 1.54) is 11.6 Å². The average Bonchev–Trinajstić information content (AvgIpc) is 2.98. The molecular weight excluding hydrogens is 432 g/mol. The van der Waals surface area contributed by atoms with Gasteiger partial charge in [-0.05, 0) is 43.4 Å².